The summed E-state index contributed by atoms with van der Waals surface area (Å²) in [5, 5.41) is 7.28. The molecule has 0 aliphatic rings. The van der Waals surface area contributed by atoms with Gasteiger partial charge in [0, 0.05) is 34.1 Å². The van der Waals surface area contributed by atoms with Crippen molar-refractivity contribution < 1.29 is 4.79 Å². The molecule has 1 N–H and O–H groups in total. The zero-order chi connectivity index (χ0) is 19.9. The number of para-hydroxylation sites is 1. The predicted octanol–water partition coefficient (Wildman–Crippen LogP) is 6.12. The number of benzene rings is 2. The lowest BCUT2D eigenvalue weighted by atomic mass is 10.0. The van der Waals surface area contributed by atoms with Crippen LogP contribution in [0.2, 0.25) is 0 Å². The first kappa shape index (κ1) is 19.6. The van der Waals surface area contributed by atoms with E-state index in [1.54, 1.807) is 22.7 Å². The lowest BCUT2D eigenvalue weighted by molar-refractivity contribution is -0.117. The van der Waals surface area contributed by atoms with E-state index in [0.29, 0.717) is 6.54 Å². The maximum atomic E-state index is 12.9. The molecule has 0 radical (unpaired) electrons. The molecule has 5 heteroatoms. The van der Waals surface area contributed by atoms with Gasteiger partial charge in [0.1, 0.15) is 0 Å². The first-order chi connectivity index (χ1) is 14.3. The smallest absolute Gasteiger partial charge is 0.238 e. The molecule has 0 aliphatic carbocycles. The number of carbonyl (C=O) groups excluding carboxylic acids is 1. The van der Waals surface area contributed by atoms with Crippen LogP contribution in [0.4, 0.5) is 5.69 Å². The van der Waals surface area contributed by atoms with Gasteiger partial charge in [-0.15, -0.1) is 22.7 Å². The summed E-state index contributed by atoms with van der Waals surface area (Å²) in [7, 11) is 0. The third kappa shape index (κ3) is 5.41. The quantitative estimate of drug-likeness (QED) is 0.374. The van der Waals surface area contributed by atoms with Crippen LogP contribution >= 0.6 is 22.7 Å². The third-order valence-corrected chi connectivity index (χ3v) is 6.29. The highest BCUT2D eigenvalue weighted by Gasteiger charge is 2.15. The Morgan fingerprint density at radius 3 is 2.00 bits per heavy atom. The van der Waals surface area contributed by atoms with Crippen molar-refractivity contribution in [3.8, 4) is 11.1 Å². The Balaban J connectivity index is 1.48. The van der Waals surface area contributed by atoms with E-state index in [1.165, 1.54) is 9.75 Å². The molecule has 0 atom stereocenters. The van der Waals surface area contributed by atoms with E-state index in [0.717, 1.165) is 29.9 Å². The third-order valence-electron chi connectivity index (χ3n) is 4.57. The number of hydrogen-bond donors (Lipinski definition) is 1. The number of nitrogens with zero attached hydrogens (tertiary/aromatic N) is 1. The second kappa shape index (κ2) is 9.65. The topological polar surface area (TPSA) is 32.3 Å². The van der Waals surface area contributed by atoms with Crippen molar-refractivity contribution in [1.29, 1.82) is 0 Å². The van der Waals surface area contributed by atoms with Crippen LogP contribution in [-0.4, -0.2) is 17.4 Å². The average Bonchev–Trinajstić information content (AvgIpc) is 3.43. The molecule has 0 saturated heterocycles. The lowest BCUT2D eigenvalue weighted by Crippen LogP contribution is -2.32. The lowest BCUT2D eigenvalue weighted by Gasteiger charge is -2.21. The van der Waals surface area contributed by atoms with E-state index in [1.807, 2.05) is 42.5 Å². The Morgan fingerprint density at radius 2 is 1.38 bits per heavy atom. The first-order valence-electron chi connectivity index (χ1n) is 9.49. The summed E-state index contributed by atoms with van der Waals surface area (Å²) in [6.07, 6.45) is 0. The van der Waals surface area contributed by atoms with Crippen LogP contribution in [0, 0.1) is 0 Å². The van der Waals surface area contributed by atoms with Gasteiger partial charge in [-0.1, -0.05) is 60.7 Å². The van der Waals surface area contributed by atoms with Gasteiger partial charge >= 0.3 is 0 Å². The standard InChI is InChI=1S/C24H22N2OS2/c27-24(25-23-13-5-4-12-22(23)19-8-2-1-3-9-19)18-26(16-20-10-6-14-28-20)17-21-11-7-15-29-21/h1-15H,16-18H2,(H,25,27). The monoisotopic (exact) mass is 418 g/mol. The summed E-state index contributed by atoms with van der Waals surface area (Å²) >= 11 is 3.45. The summed E-state index contributed by atoms with van der Waals surface area (Å²) in [6, 6.07) is 26.4. The molecular formula is C24H22N2OS2. The molecule has 3 nitrogen and oxygen atoms in total. The molecule has 0 aliphatic heterocycles. The van der Waals surface area contributed by atoms with Crippen molar-refractivity contribution in [1.82, 2.24) is 4.90 Å². The largest absolute Gasteiger partial charge is 0.324 e. The number of amides is 1. The molecule has 29 heavy (non-hydrogen) atoms. The summed E-state index contributed by atoms with van der Waals surface area (Å²) in [4.78, 5) is 17.6. The van der Waals surface area contributed by atoms with Gasteiger partial charge in [0.05, 0.1) is 6.54 Å². The Bertz CT molecular complexity index is 992. The van der Waals surface area contributed by atoms with Gasteiger partial charge in [-0.3, -0.25) is 9.69 Å². The molecule has 2 aromatic carbocycles. The van der Waals surface area contributed by atoms with E-state index in [4.69, 9.17) is 0 Å². The molecule has 0 spiro atoms. The zero-order valence-electron chi connectivity index (χ0n) is 16.0. The highest BCUT2D eigenvalue weighted by atomic mass is 32.1. The summed E-state index contributed by atoms with van der Waals surface area (Å²) < 4.78 is 0. The summed E-state index contributed by atoms with van der Waals surface area (Å²) in [5.74, 6) is 0.00138. The molecule has 2 heterocycles. The van der Waals surface area contributed by atoms with Crippen molar-refractivity contribution in [2.45, 2.75) is 13.1 Å². The Hall–Kier alpha value is -2.73. The van der Waals surface area contributed by atoms with Crippen molar-refractivity contribution in [2.75, 3.05) is 11.9 Å². The first-order valence-corrected chi connectivity index (χ1v) is 11.3. The minimum Gasteiger partial charge on any atom is -0.324 e. The second-order valence-corrected chi connectivity index (χ2v) is 8.83. The molecule has 4 rings (SSSR count). The number of anilines is 1. The van der Waals surface area contributed by atoms with Gasteiger partial charge in [0.15, 0.2) is 0 Å². The van der Waals surface area contributed by atoms with Crippen LogP contribution in [0.25, 0.3) is 11.1 Å². The maximum Gasteiger partial charge on any atom is 0.238 e. The SMILES string of the molecule is O=C(CN(Cc1cccs1)Cc1cccs1)Nc1ccccc1-c1ccccc1. The zero-order valence-corrected chi connectivity index (χ0v) is 17.6. The molecule has 0 bridgehead atoms. The predicted molar refractivity (Wildman–Crippen MR) is 123 cm³/mol. The fourth-order valence-corrected chi connectivity index (χ4v) is 4.76. The van der Waals surface area contributed by atoms with Gasteiger partial charge in [0.25, 0.3) is 0 Å². The van der Waals surface area contributed by atoms with Crippen LogP contribution < -0.4 is 5.32 Å². The Labute approximate surface area is 179 Å². The number of thiophene rings is 2. The van der Waals surface area contributed by atoms with Gasteiger partial charge < -0.3 is 5.32 Å². The Morgan fingerprint density at radius 1 is 0.759 bits per heavy atom. The van der Waals surface area contributed by atoms with Crippen LogP contribution in [0.15, 0.2) is 89.6 Å². The van der Waals surface area contributed by atoms with Crippen molar-refractivity contribution in [3.05, 3.63) is 99.4 Å². The number of hydrogen-bond acceptors (Lipinski definition) is 4. The molecule has 2 aromatic heterocycles. The maximum absolute atomic E-state index is 12.9. The van der Waals surface area contributed by atoms with Crippen LogP contribution in [0.3, 0.4) is 0 Å². The number of rotatable bonds is 8. The van der Waals surface area contributed by atoms with E-state index in [-0.39, 0.29) is 5.91 Å². The van der Waals surface area contributed by atoms with E-state index >= 15 is 0 Å². The van der Waals surface area contributed by atoms with Gasteiger partial charge in [-0.05, 0) is 34.5 Å². The second-order valence-electron chi connectivity index (χ2n) is 6.76. The minimum absolute atomic E-state index is 0.00138. The molecule has 1 amide bonds. The average molecular weight is 419 g/mol. The molecule has 4 aromatic rings. The molecular weight excluding hydrogens is 396 g/mol. The summed E-state index contributed by atoms with van der Waals surface area (Å²) in [6.45, 7) is 1.88. The minimum atomic E-state index is 0.00138. The van der Waals surface area contributed by atoms with Crippen LogP contribution in [0.5, 0.6) is 0 Å². The van der Waals surface area contributed by atoms with Gasteiger partial charge in [-0.2, -0.15) is 0 Å². The normalized spacial score (nSPS) is 10.9. The van der Waals surface area contributed by atoms with Crippen molar-refractivity contribution >= 4 is 34.3 Å². The van der Waals surface area contributed by atoms with Crippen molar-refractivity contribution in [3.63, 3.8) is 0 Å². The van der Waals surface area contributed by atoms with Crippen LogP contribution in [-0.2, 0) is 17.9 Å². The molecule has 0 fully saturated rings. The van der Waals surface area contributed by atoms with Gasteiger partial charge in [-0.25, -0.2) is 0 Å². The highest BCUT2D eigenvalue weighted by molar-refractivity contribution is 7.10. The van der Waals surface area contributed by atoms with E-state index < -0.39 is 0 Å². The summed E-state index contributed by atoms with van der Waals surface area (Å²) in [5.41, 5.74) is 2.97. The highest BCUT2D eigenvalue weighted by Crippen LogP contribution is 2.27. The van der Waals surface area contributed by atoms with E-state index in [2.05, 4.69) is 57.4 Å². The Kier molecular flexibility index (Phi) is 6.52. The fourth-order valence-electron chi connectivity index (χ4n) is 3.27. The molecule has 0 saturated carbocycles. The van der Waals surface area contributed by atoms with Crippen LogP contribution in [0.1, 0.15) is 9.75 Å². The fraction of sp³-hybridized carbons (Fsp3) is 0.125. The van der Waals surface area contributed by atoms with Crippen molar-refractivity contribution in [2.24, 2.45) is 0 Å². The molecule has 0 unspecified atom stereocenters. The van der Waals surface area contributed by atoms with E-state index in [9.17, 15) is 4.79 Å². The molecule has 146 valence electrons. The number of nitrogens with one attached hydrogen (secondary N) is 1. The number of carbonyl (C=O) groups is 1. The van der Waals surface area contributed by atoms with Gasteiger partial charge in [0.2, 0.25) is 5.91 Å².